The molecule has 2 rings (SSSR count). The molecule has 2 unspecified atom stereocenters. The average molecular weight is 284 g/mol. The molecular weight excluding hydrogens is 266 g/mol. The highest BCUT2D eigenvalue weighted by molar-refractivity contribution is 8.00. The van der Waals surface area contributed by atoms with Crippen LogP contribution in [-0.2, 0) is 0 Å². The SMILES string of the molecule is CC1SCCN(CC(=O)c2cccc(Cl)c2)C1C. The fourth-order valence-corrected chi connectivity index (χ4v) is 3.51. The van der Waals surface area contributed by atoms with E-state index < -0.39 is 0 Å². The van der Waals surface area contributed by atoms with Gasteiger partial charge >= 0.3 is 0 Å². The zero-order chi connectivity index (χ0) is 13.1. The summed E-state index contributed by atoms with van der Waals surface area (Å²) in [5.41, 5.74) is 0.709. The van der Waals surface area contributed by atoms with Crippen LogP contribution < -0.4 is 0 Å². The van der Waals surface area contributed by atoms with E-state index in [2.05, 4.69) is 18.7 Å². The molecule has 1 saturated heterocycles. The topological polar surface area (TPSA) is 20.3 Å². The van der Waals surface area contributed by atoms with E-state index in [1.54, 1.807) is 12.1 Å². The normalized spacial score (nSPS) is 25.1. The predicted octanol–water partition coefficient (Wildman–Crippen LogP) is 3.35. The molecule has 0 aliphatic carbocycles. The Labute approximate surface area is 118 Å². The average Bonchev–Trinajstić information content (AvgIpc) is 2.35. The number of hydrogen-bond donors (Lipinski definition) is 0. The number of benzene rings is 1. The molecule has 0 spiro atoms. The molecule has 1 aliphatic rings. The van der Waals surface area contributed by atoms with Crippen LogP contribution in [0.5, 0.6) is 0 Å². The third-order valence-electron chi connectivity index (χ3n) is 3.51. The number of carbonyl (C=O) groups excluding carboxylic acids is 1. The van der Waals surface area contributed by atoms with Gasteiger partial charge in [0.1, 0.15) is 0 Å². The monoisotopic (exact) mass is 283 g/mol. The number of ketones is 1. The van der Waals surface area contributed by atoms with Crippen LogP contribution >= 0.6 is 23.4 Å². The number of Topliss-reactive ketones (excluding diaryl/α,β-unsaturated/α-hetero) is 1. The standard InChI is InChI=1S/C14H18ClNOS/c1-10-11(2)18-7-6-16(10)9-14(17)12-4-3-5-13(15)8-12/h3-5,8,10-11H,6-7,9H2,1-2H3. The molecule has 0 radical (unpaired) electrons. The van der Waals surface area contributed by atoms with Crippen LogP contribution in [0.3, 0.4) is 0 Å². The number of hydrogen-bond acceptors (Lipinski definition) is 3. The summed E-state index contributed by atoms with van der Waals surface area (Å²) in [5.74, 6) is 1.26. The van der Waals surface area contributed by atoms with Crippen molar-refractivity contribution in [2.24, 2.45) is 0 Å². The first-order valence-electron chi connectivity index (χ1n) is 6.22. The van der Waals surface area contributed by atoms with Gasteiger partial charge in [-0.25, -0.2) is 0 Å². The molecule has 0 amide bonds. The van der Waals surface area contributed by atoms with Gasteiger partial charge in [-0.05, 0) is 19.1 Å². The molecule has 1 aromatic carbocycles. The lowest BCUT2D eigenvalue weighted by Crippen LogP contribution is -2.46. The van der Waals surface area contributed by atoms with Crippen LogP contribution in [0.15, 0.2) is 24.3 Å². The van der Waals surface area contributed by atoms with Gasteiger partial charge in [-0.1, -0.05) is 30.7 Å². The first-order valence-corrected chi connectivity index (χ1v) is 7.65. The zero-order valence-corrected chi connectivity index (χ0v) is 12.3. The van der Waals surface area contributed by atoms with Crippen LogP contribution in [0.2, 0.25) is 5.02 Å². The minimum Gasteiger partial charge on any atom is -0.293 e. The maximum absolute atomic E-state index is 12.2. The Morgan fingerprint density at radius 1 is 1.50 bits per heavy atom. The molecule has 4 heteroatoms. The Morgan fingerprint density at radius 3 is 3.00 bits per heavy atom. The summed E-state index contributed by atoms with van der Waals surface area (Å²) in [7, 11) is 0. The minimum atomic E-state index is 0.156. The first kappa shape index (κ1) is 13.9. The Hall–Kier alpha value is -0.510. The Kier molecular flexibility index (Phi) is 4.71. The fourth-order valence-electron chi connectivity index (χ4n) is 2.16. The summed E-state index contributed by atoms with van der Waals surface area (Å²) < 4.78 is 0. The number of thioether (sulfide) groups is 1. The molecule has 1 fully saturated rings. The molecule has 2 atom stereocenters. The van der Waals surface area contributed by atoms with Crippen molar-refractivity contribution in [1.82, 2.24) is 4.90 Å². The van der Waals surface area contributed by atoms with Crippen molar-refractivity contribution in [3.05, 3.63) is 34.9 Å². The van der Waals surface area contributed by atoms with Crippen molar-refractivity contribution in [3.8, 4) is 0 Å². The maximum atomic E-state index is 12.2. The van der Waals surface area contributed by atoms with E-state index >= 15 is 0 Å². The predicted molar refractivity (Wildman–Crippen MR) is 78.7 cm³/mol. The molecule has 1 aromatic rings. The molecule has 0 bridgehead atoms. The van der Waals surface area contributed by atoms with Gasteiger partial charge in [-0.2, -0.15) is 11.8 Å². The summed E-state index contributed by atoms with van der Waals surface area (Å²) >= 11 is 7.90. The van der Waals surface area contributed by atoms with Gasteiger partial charge in [-0.15, -0.1) is 0 Å². The number of carbonyl (C=O) groups is 1. The maximum Gasteiger partial charge on any atom is 0.176 e. The van der Waals surface area contributed by atoms with Gasteiger partial charge in [-0.3, -0.25) is 9.69 Å². The highest BCUT2D eigenvalue weighted by atomic mass is 35.5. The largest absolute Gasteiger partial charge is 0.293 e. The van der Waals surface area contributed by atoms with E-state index in [9.17, 15) is 4.79 Å². The lowest BCUT2D eigenvalue weighted by molar-refractivity contribution is 0.0902. The van der Waals surface area contributed by atoms with E-state index in [0.29, 0.717) is 28.4 Å². The summed E-state index contributed by atoms with van der Waals surface area (Å²) in [5, 5.41) is 1.21. The first-order chi connectivity index (χ1) is 8.58. The second kappa shape index (κ2) is 6.09. The van der Waals surface area contributed by atoms with Crippen LogP contribution in [0.25, 0.3) is 0 Å². The van der Waals surface area contributed by atoms with Crippen molar-refractivity contribution in [1.29, 1.82) is 0 Å². The van der Waals surface area contributed by atoms with Gasteiger partial charge in [0.05, 0.1) is 6.54 Å². The van der Waals surface area contributed by atoms with Crippen LogP contribution in [0.1, 0.15) is 24.2 Å². The molecule has 1 heterocycles. The summed E-state index contributed by atoms with van der Waals surface area (Å²) in [4.78, 5) is 14.5. The van der Waals surface area contributed by atoms with E-state index in [1.807, 2.05) is 23.9 Å². The van der Waals surface area contributed by atoms with E-state index in [-0.39, 0.29) is 5.78 Å². The van der Waals surface area contributed by atoms with E-state index in [4.69, 9.17) is 11.6 Å². The molecule has 2 nitrogen and oxygen atoms in total. The minimum absolute atomic E-state index is 0.156. The summed E-state index contributed by atoms with van der Waals surface area (Å²) in [6, 6.07) is 7.65. The Bertz CT molecular complexity index is 438. The van der Waals surface area contributed by atoms with Crippen molar-refractivity contribution in [3.63, 3.8) is 0 Å². The van der Waals surface area contributed by atoms with Crippen molar-refractivity contribution < 1.29 is 4.79 Å². The van der Waals surface area contributed by atoms with Gasteiger partial charge in [0.25, 0.3) is 0 Å². The molecule has 0 saturated carbocycles. The highest BCUT2D eigenvalue weighted by Gasteiger charge is 2.26. The molecule has 18 heavy (non-hydrogen) atoms. The van der Waals surface area contributed by atoms with Gasteiger partial charge in [0.15, 0.2) is 5.78 Å². The fraction of sp³-hybridized carbons (Fsp3) is 0.500. The van der Waals surface area contributed by atoms with Gasteiger partial charge in [0, 0.05) is 34.2 Å². The molecule has 0 aromatic heterocycles. The number of rotatable bonds is 3. The Balaban J connectivity index is 2.03. The van der Waals surface area contributed by atoms with Gasteiger partial charge in [0.2, 0.25) is 0 Å². The summed E-state index contributed by atoms with van der Waals surface area (Å²) in [6.07, 6.45) is 0. The van der Waals surface area contributed by atoms with Gasteiger partial charge < -0.3 is 0 Å². The summed E-state index contributed by atoms with van der Waals surface area (Å²) in [6.45, 7) is 5.91. The molecule has 98 valence electrons. The highest BCUT2D eigenvalue weighted by Crippen LogP contribution is 2.24. The smallest absolute Gasteiger partial charge is 0.176 e. The second-order valence-electron chi connectivity index (χ2n) is 4.72. The zero-order valence-electron chi connectivity index (χ0n) is 10.7. The van der Waals surface area contributed by atoms with Crippen LogP contribution in [0.4, 0.5) is 0 Å². The molecule has 0 N–H and O–H groups in total. The second-order valence-corrected chi connectivity index (χ2v) is 6.64. The van der Waals surface area contributed by atoms with Crippen LogP contribution in [-0.4, -0.2) is 40.8 Å². The number of halogens is 1. The van der Waals surface area contributed by atoms with Crippen molar-refractivity contribution in [2.75, 3.05) is 18.8 Å². The van der Waals surface area contributed by atoms with Crippen molar-refractivity contribution >= 4 is 29.1 Å². The molecule has 1 aliphatic heterocycles. The molecular formula is C14H18ClNOS. The van der Waals surface area contributed by atoms with Crippen molar-refractivity contribution in [2.45, 2.75) is 25.1 Å². The van der Waals surface area contributed by atoms with E-state index in [1.165, 1.54) is 0 Å². The quantitative estimate of drug-likeness (QED) is 0.794. The number of nitrogens with zero attached hydrogens (tertiary/aromatic N) is 1. The third-order valence-corrected chi connectivity index (χ3v) is 5.08. The third kappa shape index (κ3) is 3.28. The Morgan fingerprint density at radius 2 is 2.28 bits per heavy atom. The lowest BCUT2D eigenvalue weighted by Gasteiger charge is -2.36. The van der Waals surface area contributed by atoms with Crippen LogP contribution in [0, 0.1) is 0 Å². The van der Waals surface area contributed by atoms with E-state index in [0.717, 1.165) is 12.3 Å². The lowest BCUT2D eigenvalue weighted by atomic mass is 10.1.